The highest BCUT2D eigenvalue weighted by Gasteiger charge is 2.35. The van der Waals surface area contributed by atoms with Gasteiger partial charge in [-0.2, -0.15) is 13.2 Å². The van der Waals surface area contributed by atoms with Gasteiger partial charge in [-0.25, -0.2) is 9.18 Å². The maximum Gasteiger partial charge on any atom is 0.419 e. The van der Waals surface area contributed by atoms with Crippen molar-refractivity contribution in [3.63, 3.8) is 0 Å². The third kappa shape index (κ3) is 3.67. The lowest BCUT2D eigenvalue weighted by atomic mass is 10.0. The van der Waals surface area contributed by atoms with Crippen LogP contribution >= 0.6 is 0 Å². The lowest BCUT2D eigenvalue weighted by molar-refractivity contribution is -0.140. The monoisotopic (exact) mass is 279 g/mol. The molecule has 19 heavy (non-hydrogen) atoms. The van der Waals surface area contributed by atoms with Crippen LogP contribution in [-0.4, -0.2) is 23.0 Å². The molecule has 104 valence electrons. The smallest absolute Gasteiger partial charge is 0.419 e. The number of Topliss-reactive ketones (excluding diaryl/α,β-unsaturated/α-hetero) is 1. The highest BCUT2D eigenvalue weighted by atomic mass is 19.4. The molecule has 0 saturated heterocycles. The zero-order valence-electron chi connectivity index (χ0n) is 9.58. The maximum absolute atomic E-state index is 13.0. The SMILES string of the molecule is CC(NC(=O)O)C(=O)c1ccc(F)c(C(F)(F)F)c1. The van der Waals surface area contributed by atoms with Gasteiger partial charge in [-0.05, 0) is 25.1 Å². The van der Waals surface area contributed by atoms with Crippen molar-refractivity contribution in [2.75, 3.05) is 0 Å². The number of hydrogen-bond acceptors (Lipinski definition) is 2. The maximum atomic E-state index is 13.0. The summed E-state index contributed by atoms with van der Waals surface area (Å²) in [7, 11) is 0. The molecule has 1 unspecified atom stereocenters. The van der Waals surface area contributed by atoms with E-state index in [9.17, 15) is 27.2 Å². The fourth-order valence-electron chi connectivity index (χ4n) is 1.40. The largest absolute Gasteiger partial charge is 0.465 e. The normalized spacial score (nSPS) is 12.9. The standard InChI is InChI=1S/C11H9F4NO3/c1-5(16-10(18)19)9(17)6-2-3-8(12)7(4-6)11(13,14)15/h2-5,16H,1H3,(H,18,19). The second-order valence-electron chi connectivity index (χ2n) is 3.73. The minimum atomic E-state index is -4.93. The van der Waals surface area contributed by atoms with E-state index in [1.165, 1.54) is 6.92 Å². The Morgan fingerprint density at radius 1 is 1.32 bits per heavy atom. The Bertz CT molecular complexity index is 513. The molecule has 0 aliphatic carbocycles. The predicted octanol–water partition coefficient (Wildman–Crippen LogP) is 2.68. The first-order valence-electron chi connectivity index (χ1n) is 5.03. The highest BCUT2D eigenvalue weighted by Crippen LogP contribution is 2.32. The first-order chi connectivity index (χ1) is 8.62. The average molecular weight is 279 g/mol. The number of carboxylic acid groups (broad SMARTS) is 1. The molecule has 1 aromatic carbocycles. The van der Waals surface area contributed by atoms with Gasteiger partial charge in [0.2, 0.25) is 0 Å². The van der Waals surface area contributed by atoms with Gasteiger partial charge in [0.15, 0.2) is 5.78 Å². The van der Waals surface area contributed by atoms with E-state index >= 15 is 0 Å². The molecule has 0 fully saturated rings. The lowest BCUT2D eigenvalue weighted by Crippen LogP contribution is -2.37. The Kier molecular flexibility index (Phi) is 4.13. The van der Waals surface area contributed by atoms with Crippen LogP contribution in [0, 0.1) is 5.82 Å². The van der Waals surface area contributed by atoms with Gasteiger partial charge < -0.3 is 10.4 Å². The summed E-state index contributed by atoms with van der Waals surface area (Å²) in [4.78, 5) is 22.0. The molecule has 0 aliphatic rings. The van der Waals surface area contributed by atoms with Gasteiger partial charge in [0, 0.05) is 5.56 Å². The molecule has 2 N–H and O–H groups in total. The van der Waals surface area contributed by atoms with Crippen LogP contribution in [-0.2, 0) is 6.18 Å². The Labute approximate surface area is 105 Å². The molecule has 0 heterocycles. The van der Waals surface area contributed by atoms with Crippen molar-refractivity contribution in [2.45, 2.75) is 19.1 Å². The van der Waals surface area contributed by atoms with Crippen molar-refractivity contribution in [3.05, 3.63) is 35.1 Å². The highest BCUT2D eigenvalue weighted by molar-refractivity contribution is 6.01. The van der Waals surface area contributed by atoms with Crippen LogP contribution in [0.3, 0.4) is 0 Å². The Balaban J connectivity index is 3.09. The quantitative estimate of drug-likeness (QED) is 0.660. The van der Waals surface area contributed by atoms with E-state index in [-0.39, 0.29) is 0 Å². The van der Waals surface area contributed by atoms with Gasteiger partial charge >= 0.3 is 12.3 Å². The summed E-state index contributed by atoms with van der Waals surface area (Å²) in [6.07, 6.45) is -6.41. The zero-order valence-corrected chi connectivity index (χ0v) is 9.58. The van der Waals surface area contributed by atoms with Gasteiger partial charge in [0.05, 0.1) is 11.6 Å². The summed E-state index contributed by atoms with van der Waals surface area (Å²) in [5, 5.41) is 10.2. The van der Waals surface area contributed by atoms with Crippen molar-refractivity contribution in [3.8, 4) is 0 Å². The summed E-state index contributed by atoms with van der Waals surface area (Å²) in [6, 6.07) is 0.512. The van der Waals surface area contributed by atoms with Crippen LogP contribution in [0.1, 0.15) is 22.8 Å². The van der Waals surface area contributed by atoms with Crippen molar-refractivity contribution in [1.29, 1.82) is 0 Å². The number of amides is 1. The number of benzene rings is 1. The molecular formula is C11H9F4NO3. The van der Waals surface area contributed by atoms with E-state index in [2.05, 4.69) is 0 Å². The molecule has 1 amide bonds. The first kappa shape index (κ1) is 14.9. The molecule has 0 aliphatic heterocycles. The Morgan fingerprint density at radius 3 is 2.37 bits per heavy atom. The number of halogens is 4. The third-order valence-electron chi connectivity index (χ3n) is 2.29. The molecule has 0 radical (unpaired) electrons. The molecule has 0 spiro atoms. The van der Waals surface area contributed by atoms with E-state index < -0.39 is 41.0 Å². The molecule has 4 nitrogen and oxygen atoms in total. The van der Waals surface area contributed by atoms with Crippen molar-refractivity contribution < 1.29 is 32.3 Å². The number of nitrogens with one attached hydrogen (secondary N) is 1. The first-order valence-corrected chi connectivity index (χ1v) is 5.03. The molecule has 0 bridgehead atoms. The molecule has 1 aromatic rings. The van der Waals surface area contributed by atoms with Crippen LogP contribution < -0.4 is 5.32 Å². The van der Waals surface area contributed by atoms with Crippen molar-refractivity contribution in [1.82, 2.24) is 5.32 Å². The number of carbonyl (C=O) groups excluding carboxylic acids is 1. The average Bonchev–Trinajstić information content (AvgIpc) is 2.26. The van der Waals surface area contributed by atoms with E-state index in [0.29, 0.717) is 12.1 Å². The van der Waals surface area contributed by atoms with Gasteiger partial charge in [-0.3, -0.25) is 4.79 Å². The second kappa shape index (κ2) is 5.25. The third-order valence-corrected chi connectivity index (χ3v) is 2.29. The molecule has 0 aromatic heterocycles. The number of rotatable bonds is 3. The van der Waals surface area contributed by atoms with Crippen LogP contribution in [0.15, 0.2) is 18.2 Å². The number of alkyl halides is 3. The molecule has 0 saturated carbocycles. The predicted molar refractivity (Wildman–Crippen MR) is 56.4 cm³/mol. The fourth-order valence-corrected chi connectivity index (χ4v) is 1.40. The lowest BCUT2D eigenvalue weighted by Gasteiger charge is -2.13. The van der Waals surface area contributed by atoms with Crippen LogP contribution in [0.25, 0.3) is 0 Å². The van der Waals surface area contributed by atoms with E-state index in [1.807, 2.05) is 0 Å². The minimum absolute atomic E-state index is 0.359. The molecule has 8 heteroatoms. The summed E-state index contributed by atoms with van der Waals surface area (Å²) < 4.78 is 50.3. The van der Waals surface area contributed by atoms with E-state index in [4.69, 9.17) is 5.11 Å². The summed E-state index contributed by atoms with van der Waals surface area (Å²) >= 11 is 0. The van der Waals surface area contributed by atoms with Crippen LogP contribution in [0.4, 0.5) is 22.4 Å². The Morgan fingerprint density at radius 2 is 1.89 bits per heavy atom. The van der Waals surface area contributed by atoms with Gasteiger partial charge in [0.1, 0.15) is 5.82 Å². The van der Waals surface area contributed by atoms with Gasteiger partial charge in [-0.1, -0.05) is 0 Å². The molecule has 1 rings (SSSR count). The molecular weight excluding hydrogens is 270 g/mol. The van der Waals surface area contributed by atoms with Crippen molar-refractivity contribution >= 4 is 11.9 Å². The van der Waals surface area contributed by atoms with Crippen LogP contribution in [0.2, 0.25) is 0 Å². The van der Waals surface area contributed by atoms with Gasteiger partial charge in [0.25, 0.3) is 0 Å². The van der Waals surface area contributed by atoms with E-state index in [0.717, 1.165) is 6.07 Å². The topological polar surface area (TPSA) is 66.4 Å². The summed E-state index contributed by atoms with van der Waals surface area (Å²) in [5.41, 5.74) is -1.99. The van der Waals surface area contributed by atoms with Crippen molar-refractivity contribution in [2.24, 2.45) is 0 Å². The number of carbonyl (C=O) groups is 2. The second-order valence-corrected chi connectivity index (χ2v) is 3.73. The molecule has 1 atom stereocenters. The van der Waals surface area contributed by atoms with Crippen LogP contribution in [0.5, 0.6) is 0 Å². The number of ketones is 1. The Hall–Kier alpha value is -2.12. The zero-order chi connectivity index (χ0) is 14.8. The number of hydrogen-bond donors (Lipinski definition) is 2. The minimum Gasteiger partial charge on any atom is -0.465 e. The van der Waals surface area contributed by atoms with Gasteiger partial charge in [-0.15, -0.1) is 0 Å². The summed E-state index contributed by atoms with van der Waals surface area (Å²) in [5.74, 6) is -2.38. The van der Waals surface area contributed by atoms with E-state index in [1.54, 1.807) is 5.32 Å². The fraction of sp³-hybridized carbons (Fsp3) is 0.273. The summed E-state index contributed by atoms with van der Waals surface area (Å²) in [6.45, 7) is 1.17.